The SMILES string of the molecule is C[C@@H](NC(=O)OCC1c2ccccc2-c2ccccc21)C(=O)N1CC(C(=O)O)C2(CCC2)C1. The molecule has 2 fully saturated rings. The van der Waals surface area contributed by atoms with Gasteiger partial charge >= 0.3 is 12.1 Å². The Morgan fingerprint density at radius 3 is 2.21 bits per heavy atom. The Kier molecular flexibility index (Phi) is 5.35. The van der Waals surface area contributed by atoms with Crippen LogP contribution in [0.5, 0.6) is 0 Å². The van der Waals surface area contributed by atoms with Crippen molar-refractivity contribution in [3.05, 3.63) is 59.7 Å². The molecule has 2 N–H and O–H groups in total. The van der Waals surface area contributed by atoms with Crippen molar-refractivity contribution in [2.24, 2.45) is 11.3 Å². The maximum Gasteiger partial charge on any atom is 0.407 e. The number of alkyl carbamates (subject to hydrolysis) is 1. The molecule has 1 saturated heterocycles. The summed E-state index contributed by atoms with van der Waals surface area (Å²) in [4.78, 5) is 38.7. The van der Waals surface area contributed by atoms with Crippen LogP contribution in [-0.2, 0) is 14.3 Å². The van der Waals surface area contributed by atoms with Crippen LogP contribution in [0, 0.1) is 11.3 Å². The summed E-state index contributed by atoms with van der Waals surface area (Å²) in [6, 6.07) is 15.4. The maximum absolute atomic E-state index is 12.9. The van der Waals surface area contributed by atoms with Crippen LogP contribution in [0.4, 0.5) is 4.79 Å². The lowest BCUT2D eigenvalue weighted by Crippen LogP contribution is -2.47. The van der Waals surface area contributed by atoms with Gasteiger partial charge in [0, 0.05) is 24.4 Å². The molecule has 7 nitrogen and oxygen atoms in total. The number of carbonyl (C=O) groups excluding carboxylic acids is 2. The summed E-state index contributed by atoms with van der Waals surface area (Å²) in [7, 11) is 0. The van der Waals surface area contributed by atoms with Gasteiger partial charge in [-0.05, 0) is 42.0 Å². The number of hydrogen-bond donors (Lipinski definition) is 2. The second kappa shape index (κ2) is 8.21. The molecule has 33 heavy (non-hydrogen) atoms. The van der Waals surface area contributed by atoms with Crippen LogP contribution in [0.1, 0.15) is 43.2 Å². The van der Waals surface area contributed by atoms with Crippen LogP contribution in [0.15, 0.2) is 48.5 Å². The van der Waals surface area contributed by atoms with Crippen molar-refractivity contribution >= 4 is 18.0 Å². The maximum atomic E-state index is 12.9. The summed E-state index contributed by atoms with van der Waals surface area (Å²) in [6.45, 7) is 2.43. The Morgan fingerprint density at radius 2 is 1.70 bits per heavy atom. The second-order valence-corrected chi connectivity index (χ2v) is 9.52. The number of rotatable bonds is 5. The van der Waals surface area contributed by atoms with Crippen LogP contribution in [0.3, 0.4) is 0 Å². The highest BCUT2D eigenvalue weighted by Crippen LogP contribution is 2.51. The number of carboxylic acid groups (broad SMARTS) is 1. The average molecular weight is 449 g/mol. The van der Waals surface area contributed by atoms with Crippen molar-refractivity contribution in [1.29, 1.82) is 0 Å². The van der Waals surface area contributed by atoms with Gasteiger partial charge < -0.3 is 20.1 Å². The van der Waals surface area contributed by atoms with Crippen LogP contribution in [0.2, 0.25) is 0 Å². The molecule has 1 saturated carbocycles. The van der Waals surface area contributed by atoms with Gasteiger partial charge in [-0.3, -0.25) is 9.59 Å². The number of nitrogens with one attached hydrogen (secondary N) is 1. The molecule has 1 heterocycles. The van der Waals surface area contributed by atoms with Gasteiger partial charge in [-0.25, -0.2) is 4.79 Å². The molecule has 2 atom stereocenters. The first-order valence-electron chi connectivity index (χ1n) is 11.5. The Morgan fingerprint density at radius 1 is 1.09 bits per heavy atom. The van der Waals surface area contributed by atoms with Gasteiger partial charge in [-0.2, -0.15) is 0 Å². The third kappa shape index (κ3) is 3.65. The van der Waals surface area contributed by atoms with Crippen molar-refractivity contribution in [2.75, 3.05) is 19.7 Å². The van der Waals surface area contributed by atoms with E-state index in [9.17, 15) is 19.5 Å². The van der Waals surface area contributed by atoms with Crippen molar-refractivity contribution in [3.8, 4) is 11.1 Å². The Balaban J connectivity index is 1.20. The number of benzene rings is 2. The zero-order chi connectivity index (χ0) is 23.2. The first-order chi connectivity index (χ1) is 15.9. The Bertz CT molecular complexity index is 1060. The van der Waals surface area contributed by atoms with Crippen molar-refractivity contribution in [1.82, 2.24) is 10.2 Å². The van der Waals surface area contributed by atoms with E-state index >= 15 is 0 Å². The van der Waals surface area contributed by atoms with E-state index in [4.69, 9.17) is 4.74 Å². The fourth-order valence-electron chi connectivity index (χ4n) is 5.77. The fraction of sp³-hybridized carbons (Fsp3) is 0.423. The molecular weight excluding hydrogens is 420 g/mol. The van der Waals surface area contributed by atoms with E-state index in [2.05, 4.69) is 29.6 Å². The quantitative estimate of drug-likeness (QED) is 0.728. The predicted molar refractivity (Wildman–Crippen MR) is 122 cm³/mol. The van der Waals surface area contributed by atoms with E-state index in [1.807, 2.05) is 24.3 Å². The molecule has 1 spiro atoms. The standard InChI is InChI=1S/C26H28N2O5/c1-16(23(29)28-13-22(24(30)31)26(15-28)11-6-12-26)27-25(32)33-14-21-19-9-4-2-7-17(19)18-8-3-5-10-20(18)21/h2-5,7-10,16,21-22H,6,11-15H2,1H3,(H,27,32)(H,30,31)/t16-,22?/m1/s1. The number of fused-ring (bicyclic) bond motifs is 3. The molecule has 172 valence electrons. The Labute approximate surface area is 192 Å². The summed E-state index contributed by atoms with van der Waals surface area (Å²) < 4.78 is 5.54. The molecule has 0 aromatic heterocycles. The van der Waals surface area contributed by atoms with Gasteiger partial charge in [-0.15, -0.1) is 0 Å². The number of ether oxygens (including phenoxy) is 1. The fourth-order valence-corrected chi connectivity index (χ4v) is 5.77. The van der Waals surface area contributed by atoms with Gasteiger partial charge in [0.1, 0.15) is 12.6 Å². The normalized spacial score (nSPS) is 21.1. The van der Waals surface area contributed by atoms with Crippen LogP contribution >= 0.6 is 0 Å². The number of aliphatic carboxylic acids is 1. The van der Waals surface area contributed by atoms with E-state index in [1.54, 1.807) is 11.8 Å². The lowest BCUT2D eigenvalue weighted by atomic mass is 9.63. The van der Waals surface area contributed by atoms with Crippen molar-refractivity contribution in [3.63, 3.8) is 0 Å². The molecule has 2 aromatic rings. The summed E-state index contributed by atoms with van der Waals surface area (Å²) in [6.07, 6.45) is 2.02. The van der Waals surface area contributed by atoms with Gasteiger partial charge in [0.15, 0.2) is 0 Å². The average Bonchev–Trinajstić information content (AvgIpc) is 3.35. The lowest BCUT2D eigenvalue weighted by Gasteiger charge is -2.41. The number of carbonyl (C=O) groups is 3. The van der Waals surface area contributed by atoms with Gasteiger partial charge in [0.25, 0.3) is 0 Å². The first kappa shape index (κ1) is 21.5. The van der Waals surface area contributed by atoms with Crippen LogP contribution in [-0.4, -0.2) is 53.7 Å². The monoisotopic (exact) mass is 448 g/mol. The molecule has 2 aromatic carbocycles. The zero-order valence-corrected chi connectivity index (χ0v) is 18.6. The predicted octanol–water partition coefficient (Wildman–Crippen LogP) is 3.63. The number of likely N-dealkylation sites (tertiary alicyclic amines) is 1. The largest absolute Gasteiger partial charge is 0.481 e. The molecule has 3 aliphatic rings. The third-order valence-corrected chi connectivity index (χ3v) is 7.66. The van der Waals surface area contributed by atoms with E-state index < -0.39 is 24.0 Å². The first-order valence-corrected chi connectivity index (χ1v) is 11.5. The summed E-state index contributed by atoms with van der Waals surface area (Å²) in [5, 5.41) is 12.2. The molecule has 1 aliphatic heterocycles. The van der Waals surface area contributed by atoms with Crippen molar-refractivity contribution in [2.45, 2.75) is 38.1 Å². The second-order valence-electron chi connectivity index (χ2n) is 9.52. The van der Waals surface area contributed by atoms with Crippen LogP contribution < -0.4 is 5.32 Å². The number of carboxylic acids is 1. The number of nitrogens with zero attached hydrogens (tertiary/aromatic N) is 1. The summed E-state index contributed by atoms with van der Waals surface area (Å²) in [5.74, 6) is -1.69. The molecule has 2 aliphatic carbocycles. The molecular formula is C26H28N2O5. The minimum atomic E-state index is -0.845. The van der Waals surface area contributed by atoms with E-state index in [1.165, 1.54) is 0 Å². The molecule has 0 bridgehead atoms. The Hall–Kier alpha value is -3.35. The van der Waals surface area contributed by atoms with E-state index in [0.717, 1.165) is 41.5 Å². The molecule has 2 amide bonds. The summed E-state index contributed by atoms with van der Waals surface area (Å²) >= 11 is 0. The van der Waals surface area contributed by atoms with Gasteiger partial charge in [0.2, 0.25) is 5.91 Å². The smallest absolute Gasteiger partial charge is 0.407 e. The number of hydrogen-bond acceptors (Lipinski definition) is 4. The highest BCUT2D eigenvalue weighted by atomic mass is 16.5. The summed E-state index contributed by atoms with van der Waals surface area (Å²) in [5.41, 5.74) is 4.25. The highest BCUT2D eigenvalue weighted by molar-refractivity contribution is 5.87. The molecule has 1 unspecified atom stereocenters. The lowest BCUT2D eigenvalue weighted by molar-refractivity contribution is -0.146. The topological polar surface area (TPSA) is 95.9 Å². The molecule has 5 rings (SSSR count). The van der Waals surface area contributed by atoms with Crippen LogP contribution in [0.25, 0.3) is 11.1 Å². The van der Waals surface area contributed by atoms with E-state index in [0.29, 0.717) is 6.54 Å². The zero-order valence-electron chi connectivity index (χ0n) is 18.6. The third-order valence-electron chi connectivity index (χ3n) is 7.66. The number of amides is 2. The molecule has 0 radical (unpaired) electrons. The molecule has 7 heteroatoms. The van der Waals surface area contributed by atoms with E-state index in [-0.39, 0.29) is 30.4 Å². The van der Waals surface area contributed by atoms with Gasteiger partial charge in [-0.1, -0.05) is 55.0 Å². The minimum Gasteiger partial charge on any atom is -0.481 e. The van der Waals surface area contributed by atoms with Crippen molar-refractivity contribution < 1.29 is 24.2 Å². The van der Waals surface area contributed by atoms with Gasteiger partial charge in [0.05, 0.1) is 5.92 Å². The highest BCUT2D eigenvalue weighted by Gasteiger charge is 2.54. The minimum absolute atomic E-state index is 0.0532.